The van der Waals surface area contributed by atoms with E-state index in [-0.39, 0.29) is 11.5 Å². The first-order chi connectivity index (χ1) is 11.5. The largest absolute Gasteiger partial charge is 0.507 e. The van der Waals surface area contributed by atoms with Crippen molar-refractivity contribution in [3.8, 4) is 11.5 Å². The SMILES string of the molecule is Cc1cccc(C=NCCC/[N+](O)=C/c2cccc(C)c2O)c1O. The second-order valence-corrected chi connectivity index (χ2v) is 5.71. The van der Waals surface area contributed by atoms with Crippen LogP contribution in [-0.4, -0.2) is 45.7 Å². The van der Waals surface area contributed by atoms with E-state index in [9.17, 15) is 15.4 Å². The average molecular weight is 327 g/mol. The van der Waals surface area contributed by atoms with E-state index in [0.29, 0.717) is 30.6 Å². The van der Waals surface area contributed by atoms with Crippen LogP contribution in [0.3, 0.4) is 0 Å². The molecule has 0 aliphatic carbocycles. The third-order valence-corrected chi connectivity index (χ3v) is 3.73. The number of hydrogen-bond acceptors (Lipinski definition) is 4. The van der Waals surface area contributed by atoms with Gasteiger partial charge in [0, 0.05) is 24.7 Å². The molecule has 0 saturated heterocycles. The van der Waals surface area contributed by atoms with Gasteiger partial charge in [0.25, 0.3) is 0 Å². The van der Waals surface area contributed by atoms with Gasteiger partial charge in [-0.3, -0.25) is 10.2 Å². The predicted octanol–water partition coefficient (Wildman–Crippen LogP) is 3.04. The molecule has 126 valence electrons. The van der Waals surface area contributed by atoms with Crippen LogP contribution in [0.4, 0.5) is 0 Å². The summed E-state index contributed by atoms with van der Waals surface area (Å²) in [5.74, 6) is 0.415. The fourth-order valence-corrected chi connectivity index (χ4v) is 2.28. The molecule has 0 aromatic heterocycles. The van der Waals surface area contributed by atoms with E-state index in [4.69, 9.17) is 0 Å². The number of para-hydroxylation sites is 2. The minimum absolute atomic E-state index is 0.171. The molecule has 5 nitrogen and oxygen atoms in total. The van der Waals surface area contributed by atoms with Gasteiger partial charge in [-0.15, -0.1) is 0 Å². The zero-order valence-electron chi connectivity index (χ0n) is 14.0. The zero-order chi connectivity index (χ0) is 17.5. The predicted molar refractivity (Wildman–Crippen MR) is 94.8 cm³/mol. The van der Waals surface area contributed by atoms with E-state index in [0.717, 1.165) is 15.9 Å². The van der Waals surface area contributed by atoms with Crippen LogP contribution in [0.15, 0.2) is 41.4 Å². The van der Waals surface area contributed by atoms with Crippen molar-refractivity contribution in [3.05, 3.63) is 58.7 Å². The molecule has 0 aliphatic rings. The summed E-state index contributed by atoms with van der Waals surface area (Å²) in [5.41, 5.74) is 2.84. The van der Waals surface area contributed by atoms with Crippen LogP contribution in [0.25, 0.3) is 0 Å². The number of hydrogen-bond donors (Lipinski definition) is 3. The van der Waals surface area contributed by atoms with Crippen LogP contribution in [0.2, 0.25) is 0 Å². The molecule has 24 heavy (non-hydrogen) atoms. The number of phenolic OH excluding ortho intramolecular Hbond substituents is 2. The molecule has 2 aromatic carbocycles. The first kappa shape index (κ1) is 17.5. The Hall–Kier alpha value is -2.82. The summed E-state index contributed by atoms with van der Waals surface area (Å²) < 4.78 is 1.05. The van der Waals surface area contributed by atoms with Gasteiger partial charge in [-0.25, -0.2) is 0 Å². The van der Waals surface area contributed by atoms with Gasteiger partial charge in [0.2, 0.25) is 6.21 Å². The molecule has 2 aromatic rings. The lowest BCUT2D eigenvalue weighted by Gasteiger charge is -2.01. The Balaban J connectivity index is 1.87. The highest BCUT2D eigenvalue weighted by atomic mass is 16.5. The molecule has 2 rings (SSSR count). The third kappa shape index (κ3) is 4.59. The van der Waals surface area contributed by atoms with Crippen LogP contribution in [-0.2, 0) is 0 Å². The van der Waals surface area contributed by atoms with E-state index >= 15 is 0 Å². The first-order valence-electron chi connectivity index (χ1n) is 7.86. The fourth-order valence-electron chi connectivity index (χ4n) is 2.28. The molecule has 5 heteroatoms. The van der Waals surface area contributed by atoms with Gasteiger partial charge >= 0.3 is 0 Å². The molecule has 3 N–H and O–H groups in total. The number of rotatable bonds is 6. The van der Waals surface area contributed by atoms with Crippen molar-refractivity contribution in [2.75, 3.05) is 13.1 Å². The van der Waals surface area contributed by atoms with Crippen LogP contribution in [0.5, 0.6) is 11.5 Å². The average Bonchev–Trinajstić information content (AvgIpc) is 2.55. The van der Waals surface area contributed by atoms with Crippen molar-refractivity contribution in [2.45, 2.75) is 20.3 Å². The lowest BCUT2D eigenvalue weighted by molar-refractivity contribution is -0.771. The Morgan fingerprint density at radius 2 is 1.54 bits per heavy atom. The molecule has 0 fully saturated rings. The number of benzene rings is 2. The molecule has 0 radical (unpaired) electrons. The van der Waals surface area contributed by atoms with Crippen molar-refractivity contribution >= 4 is 12.4 Å². The summed E-state index contributed by atoms with van der Waals surface area (Å²) in [6.07, 6.45) is 3.78. The van der Waals surface area contributed by atoms with Gasteiger partial charge in [0.1, 0.15) is 11.5 Å². The van der Waals surface area contributed by atoms with E-state index in [1.807, 2.05) is 38.1 Å². The van der Waals surface area contributed by atoms with Gasteiger partial charge < -0.3 is 10.2 Å². The molecule has 0 unspecified atom stereocenters. The van der Waals surface area contributed by atoms with Gasteiger partial charge in [0.05, 0.1) is 5.56 Å². The molecule has 0 amide bonds. The molecular weight excluding hydrogens is 304 g/mol. The monoisotopic (exact) mass is 327 g/mol. The Labute approximate surface area is 141 Å². The highest BCUT2D eigenvalue weighted by molar-refractivity contribution is 5.84. The maximum absolute atomic E-state index is 9.91. The molecule has 0 saturated carbocycles. The minimum Gasteiger partial charge on any atom is -0.507 e. The summed E-state index contributed by atoms with van der Waals surface area (Å²) in [6, 6.07) is 10.9. The van der Waals surface area contributed by atoms with Gasteiger partial charge in [-0.2, -0.15) is 0 Å². The van der Waals surface area contributed by atoms with E-state index in [1.165, 1.54) is 6.21 Å². The Bertz CT molecular complexity index is 767. The van der Waals surface area contributed by atoms with Crippen molar-refractivity contribution in [3.63, 3.8) is 0 Å². The molecular formula is C19H23N2O3+. The zero-order valence-corrected chi connectivity index (χ0v) is 14.0. The van der Waals surface area contributed by atoms with E-state index in [2.05, 4.69) is 4.99 Å². The first-order valence-corrected chi connectivity index (χ1v) is 7.86. The molecule has 0 atom stereocenters. The highest BCUT2D eigenvalue weighted by Crippen LogP contribution is 2.20. The molecule has 0 aliphatic heterocycles. The summed E-state index contributed by atoms with van der Waals surface area (Å²) in [5, 5.41) is 29.7. The van der Waals surface area contributed by atoms with Crippen molar-refractivity contribution in [1.82, 2.24) is 0 Å². The van der Waals surface area contributed by atoms with Crippen molar-refractivity contribution in [1.29, 1.82) is 0 Å². The van der Waals surface area contributed by atoms with Crippen molar-refractivity contribution in [2.24, 2.45) is 4.99 Å². The summed E-state index contributed by atoms with van der Waals surface area (Å²) in [6.45, 7) is 4.57. The molecule has 0 spiro atoms. The highest BCUT2D eigenvalue weighted by Gasteiger charge is 2.07. The topological polar surface area (TPSA) is 76.1 Å². The standard InChI is InChI=1S/C19H22N2O3/c1-14-6-3-8-16(18(14)22)12-20-10-5-11-21(24)13-17-9-4-7-15(2)19(17)23/h3-4,6-9,12-13,24H,5,10-11H2,1-2H3,(H,20,22)/p+1. The number of hydroxylamine groups is 1. The van der Waals surface area contributed by atoms with Gasteiger partial charge in [-0.1, -0.05) is 24.3 Å². The minimum atomic E-state index is 0.171. The summed E-state index contributed by atoms with van der Waals surface area (Å²) in [4.78, 5) is 4.27. The van der Waals surface area contributed by atoms with Gasteiger partial charge in [0.15, 0.2) is 6.54 Å². The van der Waals surface area contributed by atoms with Crippen LogP contribution in [0, 0.1) is 13.8 Å². The Morgan fingerprint density at radius 1 is 0.958 bits per heavy atom. The number of aliphatic imine (C=N–C) groups is 1. The Morgan fingerprint density at radius 3 is 2.21 bits per heavy atom. The van der Waals surface area contributed by atoms with Crippen LogP contribution in [0.1, 0.15) is 28.7 Å². The van der Waals surface area contributed by atoms with Gasteiger partial charge in [-0.05, 0) is 41.8 Å². The lowest BCUT2D eigenvalue weighted by atomic mass is 10.1. The Kier molecular flexibility index (Phi) is 5.95. The van der Waals surface area contributed by atoms with Crippen LogP contribution < -0.4 is 0 Å². The molecule has 0 bridgehead atoms. The summed E-state index contributed by atoms with van der Waals surface area (Å²) in [7, 11) is 0. The normalized spacial score (nSPS) is 12.0. The lowest BCUT2D eigenvalue weighted by Crippen LogP contribution is -2.11. The van der Waals surface area contributed by atoms with E-state index in [1.54, 1.807) is 18.3 Å². The number of aromatic hydroxyl groups is 2. The number of phenols is 2. The fraction of sp³-hybridized carbons (Fsp3) is 0.263. The third-order valence-electron chi connectivity index (χ3n) is 3.73. The summed E-state index contributed by atoms with van der Waals surface area (Å²) >= 11 is 0. The number of nitrogens with zero attached hydrogens (tertiary/aromatic N) is 2. The quantitative estimate of drug-likeness (QED) is 0.251. The smallest absolute Gasteiger partial charge is 0.226 e. The van der Waals surface area contributed by atoms with Crippen molar-refractivity contribution < 1.29 is 20.2 Å². The molecule has 0 heterocycles. The number of aryl methyl sites for hydroxylation is 2. The maximum atomic E-state index is 9.91. The van der Waals surface area contributed by atoms with Crippen LogP contribution >= 0.6 is 0 Å². The second-order valence-electron chi connectivity index (χ2n) is 5.71. The maximum Gasteiger partial charge on any atom is 0.226 e. The van der Waals surface area contributed by atoms with E-state index < -0.39 is 0 Å². The second kappa shape index (κ2) is 8.15.